The van der Waals surface area contributed by atoms with Crippen LogP contribution in [0, 0.1) is 0 Å². The molecule has 6 rings (SSSR count). The normalized spacial score (nSPS) is 11.2. The van der Waals surface area contributed by atoms with E-state index in [0.717, 1.165) is 11.4 Å². The van der Waals surface area contributed by atoms with E-state index in [1.807, 2.05) is 0 Å². The third-order valence-electron chi connectivity index (χ3n) is 6.02. The van der Waals surface area contributed by atoms with E-state index < -0.39 is 0 Å². The Bertz CT molecular complexity index is 1540. The number of hydrogen-bond donors (Lipinski definition) is 1. The Morgan fingerprint density at radius 1 is 0.387 bits per heavy atom. The molecule has 0 aliphatic rings. The summed E-state index contributed by atoms with van der Waals surface area (Å²) in [7, 11) is 0. The molecule has 0 amide bonds. The summed E-state index contributed by atoms with van der Waals surface area (Å²) in [6.45, 7) is 0. The molecule has 0 saturated heterocycles. The fraction of sp³-hybridized carbons (Fsp3) is 0. The van der Waals surface area contributed by atoms with Gasteiger partial charge in [0.2, 0.25) is 0 Å². The van der Waals surface area contributed by atoms with E-state index in [2.05, 4.69) is 127 Å². The minimum absolute atomic E-state index is 1.09. The second-order valence-electron chi connectivity index (χ2n) is 7.95. The van der Waals surface area contributed by atoms with Crippen molar-refractivity contribution in [2.75, 3.05) is 5.32 Å². The minimum atomic E-state index is 1.09. The van der Waals surface area contributed by atoms with Crippen molar-refractivity contribution in [3.05, 3.63) is 121 Å². The molecule has 0 bridgehead atoms. The zero-order chi connectivity index (χ0) is 20.6. The molecule has 1 nitrogen and oxygen atoms in total. The number of hydrogen-bond acceptors (Lipinski definition) is 1. The van der Waals surface area contributed by atoms with Gasteiger partial charge in [-0.05, 0) is 67.7 Å². The predicted molar refractivity (Wildman–Crippen MR) is 134 cm³/mol. The number of rotatable bonds is 3. The van der Waals surface area contributed by atoms with Crippen LogP contribution in [0.3, 0.4) is 0 Å². The Morgan fingerprint density at radius 3 is 1.77 bits per heavy atom. The van der Waals surface area contributed by atoms with Crippen LogP contribution in [0.15, 0.2) is 121 Å². The van der Waals surface area contributed by atoms with E-state index in [-0.39, 0.29) is 0 Å². The summed E-state index contributed by atoms with van der Waals surface area (Å²) in [5.74, 6) is 0. The van der Waals surface area contributed by atoms with Crippen LogP contribution in [0.2, 0.25) is 0 Å². The number of anilines is 2. The van der Waals surface area contributed by atoms with Gasteiger partial charge in [0.15, 0.2) is 0 Å². The molecule has 146 valence electrons. The van der Waals surface area contributed by atoms with Crippen molar-refractivity contribution in [1.82, 2.24) is 0 Å². The lowest BCUT2D eigenvalue weighted by Crippen LogP contribution is -1.91. The Kier molecular flexibility index (Phi) is 4.18. The summed E-state index contributed by atoms with van der Waals surface area (Å²) in [4.78, 5) is 0. The van der Waals surface area contributed by atoms with Gasteiger partial charge in [-0.15, -0.1) is 0 Å². The van der Waals surface area contributed by atoms with Crippen molar-refractivity contribution >= 4 is 43.7 Å². The predicted octanol–water partition coefficient (Wildman–Crippen LogP) is 8.56. The van der Waals surface area contributed by atoms with E-state index in [9.17, 15) is 0 Å². The smallest absolute Gasteiger partial charge is 0.0390 e. The molecule has 0 aliphatic heterocycles. The minimum Gasteiger partial charge on any atom is -0.356 e. The molecule has 0 saturated carbocycles. The first-order valence-electron chi connectivity index (χ1n) is 10.6. The van der Waals surface area contributed by atoms with Gasteiger partial charge in [0, 0.05) is 11.4 Å². The molecule has 6 aromatic rings. The van der Waals surface area contributed by atoms with Crippen LogP contribution in [-0.4, -0.2) is 0 Å². The fourth-order valence-corrected chi connectivity index (χ4v) is 4.46. The maximum absolute atomic E-state index is 3.58. The molecule has 0 unspecified atom stereocenters. The van der Waals surface area contributed by atoms with Crippen molar-refractivity contribution in [1.29, 1.82) is 0 Å². The molecule has 0 spiro atoms. The van der Waals surface area contributed by atoms with E-state index in [0.29, 0.717) is 0 Å². The molecule has 6 aromatic carbocycles. The quantitative estimate of drug-likeness (QED) is 0.296. The van der Waals surface area contributed by atoms with Gasteiger partial charge < -0.3 is 5.32 Å². The van der Waals surface area contributed by atoms with E-state index in [4.69, 9.17) is 0 Å². The van der Waals surface area contributed by atoms with E-state index >= 15 is 0 Å². The number of fused-ring (bicyclic) bond motifs is 4. The zero-order valence-electron chi connectivity index (χ0n) is 17.0. The molecule has 1 heteroatoms. The van der Waals surface area contributed by atoms with Crippen LogP contribution in [0.25, 0.3) is 43.4 Å². The molecular formula is C30H21N. The fourth-order valence-electron chi connectivity index (χ4n) is 4.46. The van der Waals surface area contributed by atoms with Crippen LogP contribution in [0.5, 0.6) is 0 Å². The summed E-state index contributed by atoms with van der Waals surface area (Å²) in [6.07, 6.45) is 0. The molecule has 0 aliphatic carbocycles. The van der Waals surface area contributed by atoms with Crippen molar-refractivity contribution < 1.29 is 0 Å². The Balaban J connectivity index is 1.34. The molecular weight excluding hydrogens is 374 g/mol. The summed E-state index contributed by atoms with van der Waals surface area (Å²) >= 11 is 0. The van der Waals surface area contributed by atoms with Gasteiger partial charge in [-0.2, -0.15) is 0 Å². The molecule has 0 heterocycles. The molecule has 1 N–H and O–H groups in total. The summed E-state index contributed by atoms with van der Waals surface area (Å²) in [6, 6.07) is 43.3. The van der Waals surface area contributed by atoms with Gasteiger partial charge in [-0.25, -0.2) is 0 Å². The van der Waals surface area contributed by atoms with Gasteiger partial charge in [0.25, 0.3) is 0 Å². The maximum Gasteiger partial charge on any atom is 0.0390 e. The molecule has 0 atom stereocenters. The Hall–Kier alpha value is -4.10. The van der Waals surface area contributed by atoms with Gasteiger partial charge in [-0.3, -0.25) is 0 Å². The number of nitrogens with one attached hydrogen (secondary N) is 1. The molecule has 31 heavy (non-hydrogen) atoms. The second-order valence-corrected chi connectivity index (χ2v) is 7.95. The average Bonchev–Trinajstić information content (AvgIpc) is 2.84. The van der Waals surface area contributed by atoms with Crippen LogP contribution in [-0.2, 0) is 0 Å². The summed E-state index contributed by atoms with van der Waals surface area (Å²) in [5, 5.41) is 11.2. The van der Waals surface area contributed by atoms with Gasteiger partial charge >= 0.3 is 0 Å². The molecule has 0 radical (unpaired) electrons. The average molecular weight is 396 g/mol. The first-order valence-corrected chi connectivity index (χ1v) is 10.6. The van der Waals surface area contributed by atoms with Crippen molar-refractivity contribution in [2.45, 2.75) is 0 Å². The van der Waals surface area contributed by atoms with Gasteiger partial charge in [0.1, 0.15) is 0 Å². The third-order valence-corrected chi connectivity index (χ3v) is 6.02. The molecule has 0 aromatic heterocycles. The lowest BCUT2D eigenvalue weighted by molar-refractivity contribution is 1.56. The lowest BCUT2D eigenvalue weighted by Gasteiger charge is -2.11. The van der Waals surface area contributed by atoms with E-state index in [1.165, 1.54) is 43.4 Å². The zero-order valence-corrected chi connectivity index (χ0v) is 17.0. The SMILES string of the molecule is c1ccc2c(-c3ccc(Nc4ccc5ccc6ccccc6c5c4)cc3)cccc2c1. The van der Waals surface area contributed by atoms with Crippen molar-refractivity contribution in [2.24, 2.45) is 0 Å². The maximum atomic E-state index is 3.58. The first-order chi connectivity index (χ1) is 15.3. The lowest BCUT2D eigenvalue weighted by atomic mass is 9.98. The van der Waals surface area contributed by atoms with Crippen LogP contribution >= 0.6 is 0 Å². The van der Waals surface area contributed by atoms with Crippen molar-refractivity contribution in [3.63, 3.8) is 0 Å². The highest BCUT2D eigenvalue weighted by molar-refractivity contribution is 6.08. The highest BCUT2D eigenvalue weighted by Gasteiger charge is 2.05. The largest absolute Gasteiger partial charge is 0.356 e. The Labute approximate surface area is 181 Å². The van der Waals surface area contributed by atoms with Gasteiger partial charge in [0.05, 0.1) is 0 Å². The van der Waals surface area contributed by atoms with E-state index in [1.54, 1.807) is 0 Å². The van der Waals surface area contributed by atoms with Crippen LogP contribution < -0.4 is 5.32 Å². The van der Waals surface area contributed by atoms with Crippen LogP contribution in [0.1, 0.15) is 0 Å². The summed E-state index contributed by atoms with van der Waals surface area (Å²) in [5.41, 5.74) is 4.68. The standard InChI is InChI=1S/C30H21N/c1-3-9-27-21(6-1)8-5-11-28(27)23-14-17-25(18-15-23)31-26-19-16-24-13-12-22-7-2-4-10-29(22)30(24)20-26/h1-20,31H. The monoisotopic (exact) mass is 395 g/mol. The molecule has 0 fully saturated rings. The first kappa shape index (κ1) is 17.7. The van der Waals surface area contributed by atoms with Gasteiger partial charge in [-0.1, -0.05) is 97.1 Å². The van der Waals surface area contributed by atoms with Crippen LogP contribution in [0.4, 0.5) is 11.4 Å². The second kappa shape index (κ2) is 7.30. The van der Waals surface area contributed by atoms with Crippen molar-refractivity contribution in [3.8, 4) is 11.1 Å². The number of benzene rings is 6. The summed E-state index contributed by atoms with van der Waals surface area (Å²) < 4.78 is 0. The topological polar surface area (TPSA) is 12.0 Å². The Morgan fingerprint density at radius 2 is 0.968 bits per heavy atom. The highest BCUT2D eigenvalue weighted by atomic mass is 14.9. The highest BCUT2D eigenvalue weighted by Crippen LogP contribution is 2.31. The third kappa shape index (κ3) is 3.21.